The fourth-order valence-corrected chi connectivity index (χ4v) is 0.907. The molecule has 0 saturated heterocycles. The summed E-state index contributed by atoms with van der Waals surface area (Å²) in [7, 11) is 0.164. The number of carbonyl (C=O) groups is 1. The zero-order valence-corrected chi connectivity index (χ0v) is 8.66. The Morgan fingerprint density at radius 2 is 1.87 bits per heavy atom. The van der Waals surface area contributed by atoms with Crippen LogP contribution in [0.25, 0.3) is 0 Å². The zero-order valence-electron chi connectivity index (χ0n) is 8.66. The van der Waals surface area contributed by atoms with Crippen molar-refractivity contribution in [1.82, 2.24) is 0 Å². The van der Waals surface area contributed by atoms with Crippen LogP contribution in [0.5, 0.6) is 0 Å². The van der Waals surface area contributed by atoms with Crippen molar-refractivity contribution in [2.24, 2.45) is 0 Å². The first kappa shape index (κ1) is 14.3. The summed E-state index contributed by atoms with van der Waals surface area (Å²) in [6.45, 7) is 1.73. The maximum Gasteiger partial charge on any atom is 0.305 e. The van der Waals surface area contributed by atoms with Gasteiger partial charge in [-0.15, -0.1) is 0 Å². The lowest BCUT2D eigenvalue weighted by atomic mass is 9.89. The van der Waals surface area contributed by atoms with Gasteiger partial charge in [0.05, 0.1) is 6.61 Å². The van der Waals surface area contributed by atoms with Crippen LogP contribution in [-0.2, 0) is 9.53 Å². The van der Waals surface area contributed by atoms with E-state index in [1.54, 1.807) is 6.92 Å². The van der Waals surface area contributed by atoms with Gasteiger partial charge in [0.15, 0.2) is 0 Å². The number of hydrogen-bond donors (Lipinski definition) is 0. The molecule has 0 amide bonds. The van der Waals surface area contributed by atoms with Crippen molar-refractivity contribution in [3.8, 4) is 0 Å². The Morgan fingerprint density at radius 3 is 2.27 bits per heavy atom. The van der Waals surface area contributed by atoms with E-state index in [1.165, 1.54) is 0 Å². The molecule has 0 radical (unpaired) electrons. The van der Waals surface area contributed by atoms with E-state index in [0.717, 1.165) is 0 Å². The van der Waals surface area contributed by atoms with Crippen molar-refractivity contribution >= 4 is 13.8 Å². The van der Waals surface area contributed by atoms with Crippen LogP contribution in [-0.4, -0.2) is 32.2 Å². The van der Waals surface area contributed by atoms with Gasteiger partial charge in [-0.3, -0.25) is 4.79 Å². The third-order valence-electron chi connectivity index (χ3n) is 1.82. The van der Waals surface area contributed by atoms with Gasteiger partial charge >= 0.3 is 11.9 Å². The second kappa shape index (κ2) is 5.37. The lowest BCUT2D eigenvalue weighted by Crippen LogP contribution is -2.40. The Kier molecular flexibility index (Phi) is 5.10. The lowest BCUT2D eigenvalue weighted by molar-refractivity contribution is -0.164. The van der Waals surface area contributed by atoms with Crippen molar-refractivity contribution in [1.29, 1.82) is 0 Å². The minimum atomic E-state index is -4.07. The van der Waals surface area contributed by atoms with Gasteiger partial charge in [-0.2, -0.15) is 0 Å². The van der Waals surface area contributed by atoms with E-state index in [9.17, 15) is 22.4 Å². The highest BCUT2D eigenvalue weighted by Crippen LogP contribution is 2.35. The molecule has 0 spiro atoms. The molecule has 88 valence electrons. The molecule has 15 heavy (non-hydrogen) atoms. The molecule has 0 aromatic carbocycles. The number of esters is 1. The Balaban J connectivity index is 3.91. The molecule has 7 heteroatoms. The van der Waals surface area contributed by atoms with E-state index in [2.05, 4.69) is 4.74 Å². The standard InChI is InChI=1S/C8H13BF4O2/c1-2-15-6(14)4-3-5-7(10,11)8(9,12)13/h2-5,9H2,1H3. The van der Waals surface area contributed by atoms with Crippen LogP contribution in [0, 0.1) is 0 Å². The van der Waals surface area contributed by atoms with Gasteiger partial charge < -0.3 is 4.74 Å². The summed E-state index contributed by atoms with van der Waals surface area (Å²) in [5.41, 5.74) is 0. The van der Waals surface area contributed by atoms with Crippen molar-refractivity contribution < 1.29 is 27.1 Å². The molecule has 0 aromatic rings. The smallest absolute Gasteiger partial charge is 0.305 e. The molecule has 0 aliphatic rings. The lowest BCUT2D eigenvalue weighted by Gasteiger charge is -2.23. The molecule has 0 aromatic heterocycles. The number of carbonyl (C=O) groups excluding carboxylic acids is 1. The summed E-state index contributed by atoms with van der Waals surface area (Å²) in [6, 6.07) is 0. The first-order chi connectivity index (χ1) is 6.70. The molecule has 0 aliphatic carbocycles. The summed E-state index contributed by atoms with van der Waals surface area (Å²) < 4.78 is 54.4. The SMILES string of the molecule is BC(F)(F)C(F)(F)CCCC(=O)OCC. The van der Waals surface area contributed by atoms with Crippen LogP contribution in [0.2, 0.25) is 0 Å². The maximum atomic E-state index is 12.7. The zero-order chi connectivity index (χ0) is 12.1. The predicted molar refractivity (Wildman–Crippen MR) is 48.9 cm³/mol. The Morgan fingerprint density at radius 1 is 1.33 bits per heavy atom. The highest BCUT2D eigenvalue weighted by atomic mass is 19.3. The van der Waals surface area contributed by atoms with E-state index in [-0.39, 0.29) is 27.3 Å². The van der Waals surface area contributed by atoms with Crippen LogP contribution in [0.15, 0.2) is 0 Å². The molecule has 0 bridgehead atoms. The van der Waals surface area contributed by atoms with E-state index in [4.69, 9.17) is 0 Å². The van der Waals surface area contributed by atoms with Crippen molar-refractivity contribution in [3.63, 3.8) is 0 Å². The fourth-order valence-electron chi connectivity index (χ4n) is 0.907. The minimum Gasteiger partial charge on any atom is -0.466 e. The third-order valence-corrected chi connectivity index (χ3v) is 1.82. The van der Waals surface area contributed by atoms with Gasteiger partial charge in [0.25, 0.3) is 5.82 Å². The van der Waals surface area contributed by atoms with Gasteiger partial charge in [-0.1, -0.05) is 0 Å². The molecule has 2 nitrogen and oxygen atoms in total. The van der Waals surface area contributed by atoms with Gasteiger partial charge in [0.1, 0.15) is 0 Å². The molecule has 0 aliphatic heterocycles. The average Bonchev–Trinajstić information content (AvgIpc) is 2.01. The Bertz CT molecular complexity index is 215. The minimum absolute atomic E-state index is 0.152. The first-order valence-corrected chi connectivity index (χ1v) is 4.62. The highest BCUT2D eigenvalue weighted by Gasteiger charge is 2.50. The van der Waals surface area contributed by atoms with Crippen LogP contribution in [0.3, 0.4) is 0 Å². The monoisotopic (exact) mass is 228 g/mol. The molecular formula is C8H13BF4O2. The number of rotatable bonds is 6. The topological polar surface area (TPSA) is 26.3 Å². The average molecular weight is 228 g/mol. The van der Waals surface area contributed by atoms with Crippen molar-refractivity contribution in [3.05, 3.63) is 0 Å². The largest absolute Gasteiger partial charge is 0.466 e. The molecule has 0 saturated carbocycles. The second-order valence-corrected chi connectivity index (χ2v) is 3.25. The molecule has 0 rings (SSSR count). The summed E-state index contributed by atoms with van der Waals surface area (Å²) in [4.78, 5) is 10.7. The number of hydrogen-bond acceptors (Lipinski definition) is 2. The van der Waals surface area contributed by atoms with Crippen LogP contribution < -0.4 is 0 Å². The third kappa shape index (κ3) is 5.04. The number of alkyl halides is 4. The summed E-state index contributed by atoms with van der Waals surface area (Å²) in [5.74, 6) is -8.77. The van der Waals surface area contributed by atoms with E-state index in [0.29, 0.717) is 0 Å². The Labute approximate surface area is 86.4 Å². The van der Waals surface area contributed by atoms with Crippen molar-refractivity contribution in [2.75, 3.05) is 6.61 Å². The van der Waals surface area contributed by atoms with Gasteiger partial charge in [0, 0.05) is 12.8 Å². The molecule has 0 heterocycles. The summed E-state index contributed by atoms with van der Waals surface area (Å²) >= 11 is 0. The highest BCUT2D eigenvalue weighted by molar-refractivity contribution is 6.13. The fraction of sp³-hybridized carbons (Fsp3) is 0.875. The van der Waals surface area contributed by atoms with Crippen molar-refractivity contribution in [2.45, 2.75) is 37.9 Å². The van der Waals surface area contributed by atoms with Gasteiger partial charge in [0.2, 0.25) is 7.85 Å². The van der Waals surface area contributed by atoms with Crippen LogP contribution >= 0.6 is 0 Å². The number of ether oxygens (including phenoxy) is 1. The molecule has 0 atom stereocenters. The Hall–Kier alpha value is -0.745. The van der Waals surface area contributed by atoms with E-state index >= 15 is 0 Å². The quantitative estimate of drug-likeness (QED) is 0.392. The number of halogens is 4. The van der Waals surface area contributed by atoms with Gasteiger partial charge in [-0.25, -0.2) is 17.6 Å². The normalized spacial score (nSPS) is 12.6. The molecule has 0 fully saturated rings. The van der Waals surface area contributed by atoms with E-state index in [1.807, 2.05) is 0 Å². The maximum absolute atomic E-state index is 12.7. The predicted octanol–water partition coefficient (Wildman–Crippen LogP) is 1.58. The first-order valence-electron chi connectivity index (χ1n) is 4.62. The molecule has 0 N–H and O–H groups in total. The molecular weight excluding hydrogens is 215 g/mol. The van der Waals surface area contributed by atoms with Crippen LogP contribution in [0.1, 0.15) is 26.2 Å². The van der Waals surface area contributed by atoms with E-state index < -0.39 is 24.1 Å². The van der Waals surface area contributed by atoms with Gasteiger partial charge in [-0.05, 0) is 13.3 Å². The molecule has 0 unspecified atom stereocenters. The summed E-state index contributed by atoms with van der Waals surface area (Å²) in [5, 5.41) is 0. The second-order valence-electron chi connectivity index (χ2n) is 3.25. The summed E-state index contributed by atoms with van der Waals surface area (Å²) in [6.07, 6.45) is -1.59. The van der Waals surface area contributed by atoms with Crippen LogP contribution in [0.4, 0.5) is 17.6 Å².